The van der Waals surface area contributed by atoms with E-state index in [1.54, 1.807) is 0 Å². The van der Waals surface area contributed by atoms with E-state index < -0.39 is 0 Å². The van der Waals surface area contributed by atoms with Gasteiger partial charge in [0.15, 0.2) is 0 Å². The lowest BCUT2D eigenvalue weighted by Gasteiger charge is -2.38. The molecule has 2 aromatic carbocycles. The maximum atomic E-state index is 12.7. The molecule has 1 amide bonds. The normalized spacial score (nSPS) is 15.2. The molecule has 2 N–H and O–H groups in total. The number of nitrogens with zero attached hydrogens (tertiary/aromatic N) is 3. The van der Waals surface area contributed by atoms with Crippen molar-refractivity contribution in [2.75, 3.05) is 18.4 Å². The zero-order valence-electron chi connectivity index (χ0n) is 15.6. The lowest BCUT2D eigenvalue weighted by molar-refractivity contribution is 0.102. The van der Waals surface area contributed by atoms with Crippen LogP contribution in [0, 0.1) is 12.3 Å². The number of para-hydroxylation sites is 1. The van der Waals surface area contributed by atoms with E-state index >= 15 is 0 Å². The molecule has 6 heteroatoms. The van der Waals surface area contributed by atoms with Gasteiger partial charge in [-0.15, -0.1) is 5.10 Å². The molecule has 138 valence electrons. The van der Waals surface area contributed by atoms with Gasteiger partial charge in [-0.3, -0.25) is 9.48 Å². The molecule has 0 spiro atoms. The van der Waals surface area contributed by atoms with Crippen LogP contribution in [0.2, 0.25) is 0 Å². The summed E-state index contributed by atoms with van der Waals surface area (Å²) < 4.78 is 1.89. The Kier molecular flexibility index (Phi) is 4.49. The zero-order chi connectivity index (χ0) is 18.9. The average molecular weight is 361 g/mol. The van der Waals surface area contributed by atoms with E-state index in [9.17, 15) is 4.79 Å². The Bertz CT molecular complexity index is 960. The van der Waals surface area contributed by atoms with Crippen LogP contribution in [-0.2, 0) is 6.54 Å². The van der Waals surface area contributed by atoms with Crippen LogP contribution in [0.5, 0.6) is 0 Å². The predicted molar refractivity (Wildman–Crippen MR) is 106 cm³/mol. The standard InChI is InChI=1S/C21H23N5O/c1-15-8-9-16(10-18(15)20(27)23-17-6-4-3-5-7-17)19-11-26(25-24-19)14-21(2)12-22-13-21/h3-11,22H,12-14H2,1-2H3,(H,23,27). The number of hydrogen-bond acceptors (Lipinski definition) is 4. The van der Waals surface area contributed by atoms with Crippen molar-refractivity contribution in [3.8, 4) is 11.3 Å². The molecule has 3 aromatic rings. The summed E-state index contributed by atoms with van der Waals surface area (Å²) in [6.45, 7) is 7.00. The summed E-state index contributed by atoms with van der Waals surface area (Å²) in [6, 6.07) is 15.3. The van der Waals surface area contributed by atoms with Crippen LogP contribution in [0.15, 0.2) is 54.7 Å². The molecule has 27 heavy (non-hydrogen) atoms. The minimum atomic E-state index is -0.124. The van der Waals surface area contributed by atoms with Crippen molar-refractivity contribution in [1.29, 1.82) is 0 Å². The predicted octanol–water partition coefficient (Wildman–Crippen LogP) is 3.12. The molecular formula is C21H23N5O. The summed E-state index contributed by atoms with van der Waals surface area (Å²) >= 11 is 0. The van der Waals surface area contributed by atoms with Gasteiger partial charge in [-0.05, 0) is 30.7 Å². The third-order valence-corrected chi connectivity index (χ3v) is 5.00. The first-order chi connectivity index (χ1) is 13.0. The summed E-state index contributed by atoms with van der Waals surface area (Å²) in [5, 5.41) is 14.8. The molecule has 1 aromatic heterocycles. The van der Waals surface area contributed by atoms with Gasteiger partial charge in [0.05, 0.1) is 12.7 Å². The smallest absolute Gasteiger partial charge is 0.255 e. The van der Waals surface area contributed by atoms with E-state index in [-0.39, 0.29) is 11.3 Å². The van der Waals surface area contributed by atoms with E-state index in [0.29, 0.717) is 5.56 Å². The second kappa shape index (κ2) is 6.96. The largest absolute Gasteiger partial charge is 0.322 e. The van der Waals surface area contributed by atoms with Gasteiger partial charge in [0.2, 0.25) is 0 Å². The van der Waals surface area contributed by atoms with Gasteiger partial charge < -0.3 is 10.6 Å². The van der Waals surface area contributed by atoms with Crippen molar-refractivity contribution in [3.05, 3.63) is 65.9 Å². The highest BCUT2D eigenvalue weighted by atomic mass is 16.1. The van der Waals surface area contributed by atoms with Gasteiger partial charge in [-0.25, -0.2) is 0 Å². The minimum Gasteiger partial charge on any atom is -0.322 e. The van der Waals surface area contributed by atoms with Crippen molar-refractivity contribution < 1.29 is 4.79 Å². The van der Waals surface area contributed by atoms with E-state index in [2.05, 4.69) is 27.9 Å². The number of benzene rings is 2. The second-order valence-electron chi connectivity index (χ2n) is 7.57. The number of aryl methyl sites for hydroxylation is 1. The molecule has 1 aliphatic rings. The first-order valence-electron chi connectivity index (χ1n) is 9.11. The van der Waals surface area contributed by atoms with Crippen molar-refractivity contribution >= 4 is 11.6 Å². The van der Waals surface area contributed by atoms with Crippen molar-refractivity contribution in [2.45, 2.75) is 20.4 Å². The van der Waals surface area contributed by atoms with E-state index in [4.69, 9.17) is 0 Å². The number of carbonyl (C=O) groups is 1. The number of anilines is 1. The van der Waals surface area contributed by atoms with Crippen LogP contribution >= 0.6 is 0 Å². The molecule has 1 aliphatic heterocycles. The van der Waals surface area contributed by atoms with Gasteiger partial charge in [-0.2, -0.15) is 0 Å². The van der Waals surface area contributed by atoms with Gasteiger partial charge in [-0.1, -0.05) is 42.5 Å². The number of hydrogen-bond donors (Lipinski definition) is 2. The maximum Gasteiger partial charge on any atom is 0.255 e. The van der Waals surface area contributed by atoms with Crippen molar-refractivity contribution in [2.24, 2.45) is 5.41 Å². The molecule has 1 saturated heterocycles. The van der Waals surface area contributed by atoms with Crippen LogP contribution < -0.4 is 10.6 Å². The van der Waals surface area contributed by atoms with Gasteiger partial charge in [0, 0.05) is 35.3 Å². The van der Waals surface area contributed by atoms with E-state index in [1.807, 2.05) is 66.3 Å². The lowest BCUT2D eigenvalue weighted by atomic mass is 9.84. The molecule has 4 rings (SSSR count). The quantitative estimate of drug-likeness (QED) is 0.732. The maximum absolute atomic E-state index is 12.7. The monoisotopic (exact) mass is 361 g/mol. The first-order valence-corrected chi connectivity index (χ1v) is 9.11. The Hall–Kier alpha value is -2.99. The summed E-state index contributed by atoms with van der Waals surface area (Å²) in [6.07, 6.45) is 1.95. The molecule has 6 nitrogen and oxygen atoms in total. The van der Waals surface area contributed by atoms with Crippen LogP contribution in [-0.4, -0.2) is 34.0 Å². The fraction of sp³-hybridized carbons (Fsp3) is 0.286. The topological polar surface area (TPSA) is 71.8 Å². The fourth-order valence-corrected chi connectivity index (χ4v) is 3.31. The highest BCUT2D eigenvalue weighted by Gasteiger charge is 2.32. The molecule has 0 radical (unpaired) electrons. The lowest BCUT2D eigenvalue weighted by Crippen LogP contribution is -2.53. The number of carbonyl (C=O) groups excluding carboxylic acids is 1. The number of nitrogens with one attached hydrogen (secondary N) is 2. The van der Waals surface area contributed by atoms with Crippen molar-refractivity contribution in [3.63, 3.8) is 0 Å². The number of rotatable bonds is 5. The summed E-state index contributed by atoms with van der Waals surface area (Å²) in [4.78, 5) is 12.7. The highest BCUT2D eigenvalue weighted by molar-refractivity contribution is 6.05. The molecule has 0 unspecified atom stereocenters. The number of amides is 1. The molecule has 0 saturated carbocycles. The van der Waals surface area contributed by atoms with Gasteiger partial charge in [0.25, 0.3) is 5.91 Å². The van der Waals surface area contributed by atoms with E-state index in [0.717, 1.165) is 42.1 Å². The third kappa shape index (κ3) is 3.75. The zero-order valence-corrected chi connectivity index (χ0v) is 15.6. The molecule has 0 bridgehead atoms. The molecule has 1 fully saturated rings. The Morgan fingerprint density at radius 1 is 1.22 bits per heavy atom. The fourth-order valence-electron chi connectivity index (χ4n) is 3.31. The molecule has 0 aliphatic carbocycles. The van der Waals surface area contributed by atoms with Crippen LogP contribution in [0.1, 0.15) is 22.8 Å². The Morgan fingerprint density at radius 2 is 2.00 bits per heavy atom. The second-order valence-corrected chi connectivity index (χ2v) is 7.57. The molecule has 0 atom stereocenters. The Labute approximate surface area is 158 Å². The highest BCUT2D eigenvalue weighted by Crippen LogP contribution is 2.25. The van der Waals surface area contributed by atoms with Crippen LogP contribution in [0.4, 0.5) is 5.69 Å². The van der Waals surface area contributed by atoms with Gasteiger partial charge >= 0.3 is 0 Å². The third-order valence-electron chi connectivity index (χ3n) is 5.00. The average Bonchev–Trinajstić information content (AvgIpc) is 3.10. The number of aromatic nitrogens is 3. The first kappa shape index (κ1) is 17.4. The van der Waals surface area contributed by atoms with Crippen LogP contribution in [0.25, 0.3) is 11.3 Å². The Balaban J connectivity index is 1.55. The summed E-state index contributed by atoms with van der Waals surface area (Å²) in [7, 11) is 0. The van der Waals surface area contributed by atoms with Crippen molar-refractivity contribution in [1.82, 2.24) is 20.3 Å². The minimum absolute atomic E-state index is 0.124. The summed E-state index contributed by atoms with van der Waals surface area (Å²) in [5.74, 6) is -0.124. The molecule has 2 heterocycles. The SMILES string of the molecule is Cc1ccc(-c2cn(CC3(C)CNC3)nn2)cc1C(=O)Nc1ccccc1. The molecular weight excluding hydrogens is 338 g/mol. The van der Waals surface area contributed by atoms with Gasteiger partial charge in [0.1, 0.15) is 5.69 Å². The summed E-state index contributed by atoms with van der Waals surface area (Å²) in [5.41, 5.74) is 4.25. The van der Waals surface area contributed by atoms with E-state index in [1.165, 1.54) is 0 Å². The Morgan fingerprint density at radius 3 is 2.70 bits per heavy atom. The van der Waals surface area contributed by atoms with Crippen LogP contribution in [0.3, 0.4) is 0 Å².